The van der Waals surface area contributed by atoms with E-state index in [-0.39, 0.29) is 4.36 Å². The molecule has 58 valence electrons. The number of hydrogen-bond acceptors (Lipinski definition) is 2. The van der Waals surface area contributed by atoms with Crippen molar-refractivity contribution in [3.05, 3.63) is 10.4 Å². The fourth-order valence-electron chi connectivity index (χ4n) is 0.263. The molecule has 0 aliphatic heterocycles. The molecule has 0 aliphatic rings. The fourth-order valence-corrected chi connectivity index (χ4v) is 0.847. The van der Waals surface area contributed by atoms with Crippen molar-refractivity contribution >= 4 is 20.1 Å². The summed E-state index contributed by atoms with van der Waals surface area (Å²) in [4.78, 5) is 9.85. The van der Waals surface area contributed by atoms with E-state index in [4.69, 9.17) is 13.3 Å². The number of allylic oxidation sites excluding steroid dienone is 1. The van der Waals surface area contributed by atoms with E-state index in [1.807, 2.05) is 0 Å². The van der Waals surface area contributed by atoms with Gasteiger partial charge in [0, 0.05) is 0 Å². The molecular formula is C4H7AsO5. The van der Waals surface area contributed by atoms with Gasteiger partial charge in [0.1, 0.15) is 0 Å². The zero-order valence-corrected chi connectivity index (χ0v) is 7.06. The summed E-state index contributed by atoms with van der Waals surface area (Å²) in [7, 11) is 0. The first-order valence-corrected chi connectivity index (χ1v) is 5.69. The molecule has 0 amide bonds. The monoisotopic (exact) mass is 210 g/mol. The van der Waals surface area contributed by atoms with Crippen LogP contribution in [-0.4, -0.2) is 33.4 Å². The van der Waals surface area contributed by atoms with Crippen molar-refractivity contribution in [1.82, 2.24) is 0 Å². The molecule has 0 rings (SSSR count). The van der Waals surface area contributed by atoms with Crippen LogP contribution in [0.25, 0.3) is 0 Å². The molecule has 6 heteroatoms. The standard InChI is InChI=1S/C4H7AsO5/c1-3(2-4(6)7)5(8,9)10/h2H,1H3,(H,6,7)(H2,8,9,10). The summed E-state index contributed by atoms with van der Waals surface area (Å²) in [6, 6.07) is 0. The van der Waals surface area contributed by atoms with Crippen molar-refractivity contribution in [1.29, 1.82) is 0 Å². The summed E-state index contributed by atoms with van der Waals surface area (Å²) in [6.45, 7) is 1.09. The molecule has 0 saturated carbocycles. The van der Waals surface area contributed by atoms with Crippen molar-refractivity contribution in [3.8, 4) is 0 Å². The Balaban J connectivity index is 4.52. The predicted molar refractivity (Wildman–Crippen MR) is 32.3 cm³/mol. The van der Waals surface area contributed by atoms with Gasteiger partial charge in [0.2, 0.25) is 0 Å². The van der Waals surface area contributed by atoms with Crippen LogP contribution in [-0.2, 0) is 8.53 Å². The van der Waals surface area contributed by atoms with Crippen LogP contribution in [0.4, 0.5) is 0 Å². The number of hydrogen-bond donors (Lipinski definition) is 3. The maximum absolute atomic E-state index is 10.3. The number of carboxylic acids is 1. The SMILES string of the molecule is CC(=CC(=O)O)[As](=O)(O)O. The molecule has 0 radical (unpaired) electrons. The fraction of sp³-hybridized carbons (Fsp3) is 0.250. The summed E-state index contributed by atoms with van der Waals surface area (Å²) >= 11 is -4.91. The van der Waals surface area contributed by atoms with Gasteiger partial charge < -0.3 is 0 Å². The van der Waals surface area contributed by atoms with Gasteiger partial charge in [-0.1, -0.05) is 0 Å². The summed E-state index contributed by atoms with van der Waals surface area (Å²) in [5, 5.41) is 8.04. The van der Waals surface area contributed by atoms with Crippen molar-refractivity contribution in [3.63, 3.8) is 0 Å². The van der Waals surface area contributed by atoms with E-state index in [0.29, 0.717) is 6.08 Å². The van der Waals surface area contributed by atoms with Gasteiger partial charge >= 0.3 is 59.3 Å². The molecule has 0 spiro atoms. The van der Waals surface area contributed by atoms with Crippen molar-refractivity contribution in [2.24, 2.45) is 0 Å². The quantitative estimate of drug-likeness (QED) is 0.397. The van der Waals surface area contributed by atoms with Crippen LogP contribution in [0.15, 0.2) is 10.4 Å². The van der Waals surface area contributed by atoms with Crippen molar-refractivity contribution in [2.75, 3.05) is 0 Å². The Morgan fingerprint density at radius 2 is 1.90 bits per heavy atom. The second-order valence-corrected chi connectivity index (χ2v) is 5.43. The van der Waals surface area contributed by atoms with Crippen LogP contribution in [0, 0.1) is 0 Å². The normalized spacial score (nSPS) is 13.3. The molecule has 0 aromatic carbocycles. The third-order valence-corrected chi connectivity index (χ3v) is 2.99. The molecule has 0 unspecified atom stereocenters. The van der Waals surface area contributed by atoms with Gasteiger partial charge in [0.05, 0.1) is 0 Å². The molecule has 0 bridgehead atoms. The zero-order valence-electron chi connectivity index (χ0n) is 5.18. The molecule has 0 fully saturated rings. The van der Waals surface area contributed by atoms with Gasteiger partial charge in [-0.05, 0) is 0 Å². The van der Waals surface area contributed by atoms with Gasteiger partial charge in [-0.2, -0.15) is 0 Å². The number of rotatable bonds is 2. The van der Waals surface area contributed by atoms with E-state index in [2.05, 4.69) is 0 Å². The average Bonchev–Trinajstić information content (AvgIpc) is 1.60. The third-order valence-electron chi connectivity index (χ3n) is 0.792. The van der Waals surface area contributed by atoms with Gasteiger partial charge in [-0.25, -0.2) is 0 Å². The average molecular weight is 210 g/mol. The molecule has 0 saturated heterocycles. The van der Waals surface area contributed by atoms with E-state index < -0.39 is 20.1 Å². The summed E-state index contributed by atoms with van der Waals surface area (Å²) < 4.78 is 26.7. The van der Waals surface area contributed by atoms with Crippen LogP contribution in [0.1, 0.15) is 6.92 Å². The van der Waals surface area contributed by atoms with Gasteiger partial charge in [0.25, 0.3) is 0 Å². The Hall–Kier alpha value is -0.512. The van der Waals surface area contributed by atoms with Gasteiger partial charge in [0.15, 0.2) is 0 Å². The van der Waals surface area contributed by atoms with E-state index in [0.717, 1.165) is 6.92 Å². The van der Waals surface area contributed by atoms with Crippen LogP contribution in [0.5, 0.6) is 0 Å². The number of aliphatic carboxylic acids is 1. The number of carbonyl (C=O) groups is 1. The summed E-state index contributed by atoms with van der Waals surface area (Å²) in [5.41, 5.74) is 0. The molecule has 5 nitrogen and oxygen atoms in total. The molecular weight excluding hydrogens is 203 g/mol. The van der Waals surface area contributed by atoms with Crippen LogP contribution >= 0.6 is 0 Å². The maximum atomic E-state index is 10.3. The molecule has 0 atom stereocenters. The van der Waals surface area contributed by atoms with E-state index in [9.17, 15) is 8.53 Å². The first-order valence-electron chi connectivity index (χ1n) is 2.31. The van der Waals surface area contributed by atoms with E-state index in [1.165, 1.54) is 0 Å². The topological polar surface area (TPSA) is 94.8 Å². The molecule has 10 heavy (non-hydrogen) atoms. The van der Waals surface area contributed by atoms with Crippen LogP contribution in [0.2, 0.25) is 0 Å². The minimum atomic E-state index is -4.91. The summed E-state index contributed by atoms with van der Waals surface area (Å²) in [6.07, 6.45) is 0.514. The first kappa shape index (κ1) is 9.49. The van der Waals surface area contributed by atoms with E-state index in [1.54, 1.807) is 0 Å². The van der Waals surface area contributed by atoms with Crippen LogP contribution in [0.3, 0.4) is 0 Å². The second kappa shape index (κ2) is 3.05. The molecule has 0 heterocycles. The first-order chi connectivity index (χ1) is 4.34. The predicted octanol–water partition coefficient (Wildman–Crippen LogP) is -1.09. The zero-order chi connectivity index (χ0) is 8.36. The molecule has 0 aromatic rings. The van der Waals surface area contributed by atoms with Gasteiger partial charge in [-0.3, -0.25) is 0 Å². The van der Waals surface area contributed by atoms with Crippen molar-refractivity contribution in [2.45, 2.75) is 6.92 Å². The molecule has 0 aromatic heterocycles. The van der Waals surface area contributed by atoms with Crippen molar-refractivity contribution < 1.29 is 21.8 Å². The Bertz CT molecular complexity index is 212. The Kier molecular flexibility index (Phi) is 2.90. The number of carboxylic acid groups (broad SMARTS) is 1. The minimum absolute atomic E-state index is 0.384. The Labute approximate surface area is 60.0 Å². The Morgan fingerprint density at radius 1 is 1.50 bits per heavy atom. The van der Waals surface area contributed by atoms with E-state index >= 15 is 0 Å². The van der Waals surface area contributed by atoms with Gasteiger partial charge in [-0.15, -0.1) is 0 Å². The molecule has 3 N–H and O–H groups in total. The molecule has 0 aliphatic carbocycles. The second-order valence-electron chi connectivity index (χ2n) is 1.67. The third kappa shape index (κ3) is 3.50. The van der Waals surface area contributed by atoms with Crippen LogP contribution < -0.4 is 0 Å². The summed E-state index contributed by atoms with van der Waals surface area (Å²) in [5.74, 6) is -1.35. The Morgan fingerprint density at radius 3 is 2.00 bits per heavy atom.